The Morgan fingerprint density at radius 1 is 1.05 bits per heavy atom. The molecule has 1 saturated heterocycles. The summed E-state index contributed by atoms with van der Waals surface area (Å²) in [6.07, 6.45) is 1.66. The SMILES string of the molecule is CN(C)[C@H]1CCN(Cc2ccc(NC(=O)Nc3ccc(-c4cncc5c4cnn5C)cc3)cc2C(F)(F)F)C1. The van der Waals surface area contributed by atoms with E-state index in [9.17, 15) is 18.0 Å². The lowest BCUT2D eigenvalue weighted by molar-refractivity contribution is -0.138. The van der Waals surface area contributed by atoms with E-state index in [2.05, 4.69) is 25.6 Å². The number of nitrogens with zero attached hydrogens (tertiary/aromatic N) is 5. The number of hydrogen-bond donors (Lipinski definition) is 2. The van der Waals surface area contributed by atoms with Crippen LogP contribution in [-0.2, 0) is 19.8 Å². The predicted molar refractivity (Wildman–Crippen MR) is 145 cm³/mol. The Bertz CT molecular complexity index is 1480. The van der Waals surface area contributed by atoms with Crippen molar-refractivity contribution in [1.82, 2.24) is 24.6 Å². The quantitative estimate of drug-likeness (QED) is 0.343. The molecule has 5 rings (SSSR count). The Hall–Kier alpha value is -3.96. The van der Waals surface area contributed by atoms with Crippen LogP contribution in [0.15, 0.2) is 61.1 Å². The molecule has 1 aliphatic rings. The van der Waals surface area contributed by atoms with E-state index in [4.69, 9.17) is 0 Å². The third-order valence-electron chi connectivity index (χ3n) is 7.17. The van der Waals surface area contributed by atoms with Gasteiger partial charge in [0.05, 0.1) is 23.5 Å². The number of aryl methyl sites for hydroxylation is 1. The molecule has 0 radical (unpaired) electrons. The Labute approximate surface area is 224 Å². The van der Waals surface area contributed by atoms with Gasteiger partial charge < -0.3 is 15.5 Å². The fraction of sp³-hybridized carbons (Fsp3) is 0.321. The minimum atomic E-state index is -4.54. The van der Waals surface area contributed by atoms with E-state index in [0.717, 1.165) is 47.6 Å². The molecule has 2 aromatic heterocycles. The van der Waals surface area contributed by atoms with E-state index < -0.39 is 17.8 Å². The van der Waals surface area contributed by atoms with Crippen molar-refractivity contribution in [3.8, 4) is 11.1 Å². The first-order valence-corrected chi connectivity index (χ1v) is 12.6. The molecule has 2 N–H and O–H groups in total. The third-order valence-corrected chi connectivity index (χ3v) is 7.17. The molecule has 0 saturated carbocycles. The highest BCUT2D eigenvalue weighted by molar-refractivity contribution is 6.00. The largest absolute Gasteiger partial charge is 0.416 e. The van der Waals surface area contributed by atoms with Gasteiger partial charge in [-0.3, -0.25) is 14.6 Å². The molecule has 0 aliphatic carbocycles. The van der Waals surface area contributed by atoms with Gasteiger partial charge in [0.1, 0.15) is 0 Å². The molecule has 11 heteroatoms. The molecule has 1 fully saturated rings. The zero-order valence-corrected chi connectivity index (χ0v) is 22.0. The molecule has 8 nitrogen and oxygen atoms in total. The molecule has 2 aromatic carbocycles. The van der Waals surface area contributed by atoms with Crippen LogP contribution in [0.5, 0.6) is 0 Å². The van der Waals surface area contributed by atoms with Crippen LogP contribution in [0.4, 0.5) is 29.3 Å². The second kappa shape index (κ2) is 10.7. The second-order valence-corrected chi connectivity index (χ2v) is 10.1. The van der Waals surface area contributed by atoms with E-state index in [-0.39, 0.29) is 17.8 Å². The lowest BCUT2D eigenvalue weighted by atomic mass is 10.0. The Morgan fingerprint density at radius 2 is 1.77 bits per heavy atom. The molecule has 1 atom stereocenters. The fourth-order valence-electron chi connectivity index (χ4n) is 4.99. The third kappa shape index (κ3) is 5.89. The number of amides is 2. The fourth-order valence-corrected chi connectivity index (χ4v) is 4.99. The monoisotopic (exact) mass is 537 g/mol. The first-order valence-electron chi connectivity index (χ1n) is 12.6. The maximum absolute atomic E-state index is 13.9. The van der Waals surface area contributed by atoms with Crippen molar-refractivity contribution < 1.29 is 18.0 Å². The summed E-state index contributed by atoms with van der Waals surface area (Å²) in [5.41, 5.74) is 2.73. The number of likely N-dealkylation sites (tertiary alicyclic amines) is 1. The molecule has 39 heavy (non-hydrogen) atoms. The second-order valence-electron chi connectivity index (χ2n) is 10.1. The summed E-state index contributed by atoms with van der Waals surface area (Å²) in [5.74, 6) is 0. The number of anilines is 2. The number of urea groups is 1. The summed E-state index contributed by atoms with van der Waals surface area (Å²) in [6.45, 7) is 1.68. The molecule has 1 aliphatic heterocycles. The number of nitrogens with one attached hydrogen (secondary N) is 2. The van der Waals surface area contributed by atoms with Crippen molar-refractivity contribution in [3.63, 3.8) is 0 Å². The van der Waals surface area contributed by atoms with Crippen molar-refractivity contribution in [2.45, 2.75) is 25.2 Å². The molecular formula is C28H30F3N7O. The Morgan fingerprint density at radius 3 is 2.46 bits per heavy atom. The van der Waals surface area contributed by atoms with Crippen LogP contribution in [0.2, 0.25) is 0 Å². The van der Waals surface area contributed by atoms with Crippen LogP contribution in [-0.4, -0.2) is 63.8 Å². The number of carbonyl (C=O) groups is 1. The average Bonchev–Trinajstić information content (AvgIpc) is 3.52. The number of benzene rings is 2. The van der Waals surface area contributed by atoms with E-state index in [0.29, 0.717) is 11.7 Å². The predicted octanol–water partition coefficient (Wildman–Crippen LogP) is 5.43. The Kier molecular flexibility index (Phi) is 7.28. The van der Waals surface area contributed by atoms with Crippen LogP contribution < -0.4 is 10.6 Å². The lowest BCUT2D eigenvalue weighted by Crippen LogP contribution is -2.31. The van der Waals surface area contributed by atoms with Crippen molar-refractivity contribution >= 4 is 28.3 Å². The summed E-state index contributed by atoms with van der Waals surface area (Å²) < 4.78 is 43.5. The minimum absolute atomic E-state index is 0.0714. The Balaban J connectivity index is 1.26. The molecular weight excluding hydrogens is 507 g/mol. The molecule has 3 heterocycles. The maximum atomic E-state index is 13.9. The lowest BCUT2D eigenvalue weighted by Gasteiger charge is -2.22. The molecule has 0 unspecified atom stereocenters. The molecule has 0 spiro atoms. The van der Waals surface area contributed by atoms with Gasteiger partial charge in [-0.25, -0.2) is 4.79 Å². The first-order chi connectivity index (χ1) is 18.6. The zero-order valence-electron chi connectivity index (χ0n) is 22.0. The number of pyridine rings is 1. The molecule has 204 valence electrons. The minimum Gasteiger partial charge on any atom is -0.308 e. The van der Waals surface area contributed by atoms with Gasteiger partial charge in [0.25, 0.3) is 0 Å². The standard InChI is InChI=1S/C28H30F3N7O/c1-36(2)22-10-11-38(17-22)16-19-6-9-21(12-25(19)28(29,30)31)35-27(39)34-20-7-4-18(5-8-20)23-13-32-15-26-24(23)14-33-37(26)3/h4-9,12-15,22H,10-11,16-17H2,1-3H3,(H2,34,35,39)/t22-/m0/s1. The summed E-state index contributed by atoms with van der Waals surface area (Å²) in [7, 11) is 5.81. The normalized spacial score (nSPS) is 16.2. The number of rotatable bonds is 6. The van der Waals surface area contributed by atoms with Crippen LogP contribution >= 0.6 is 0 Å². The zero-order chi connectivity index (χ0) is 27.7. The highest BCUT2D eigenvalue weighted by Crippen LogP contribution is 2.35. The highest BCUT2D eigenvalue weighted by Gasteiger charge is 2.35. The van der Waals surface area contributed by atoms with Crippen molar-refractivity contribution in [1.29, 1.82) is 0 Å². The number of hydrogen-bond acceptors (Lipinski definition) is 5. The summed E-state index contributed by atoms with van der Waals surface area (Å²) in [4.78, 5) is 21.0. The molecule has 0 bridgehead atoms. The maximum Gasteiger partial charge on any atom is 0.416 e. The van der Waals surface area contributed by atoms with E-state index in [1.165, 1.54) is 12.1 Å². The van der Waals surface area contributed by atoms with Crippen molar-refractivity contribution in [3.05, 3.63) is 72.2 Å². The van der Waals surface area contributed by atoms with E-state index >= 15 is 0 Å². The van der Waals surface area contributed by atoms with Gasteiger partial charge in [-0.05, 0) is 55.9 Å². The average molecular weight is 538 g/mol. The van der Waals surface area contributed by atoms with Gasteiger partial charge in [0.15, 0.2) is 0 Å². The van der Waals surface area contributed by atoms with Crippen LogP contribution in [0, 0.1) is 0 Å². The number of aromatic nitrogens is 3. The summed E-state index contributed by atoms with van der Waals surface area (Å²) >= 11 is 0. The van der Waals surface area contributed by atoms with Gasteiger partial charge in [0, 0.05) is 61.2 Å². The number of alkyl halides is 3. The van der Waals surface area contributed by atoms with Crippen LogP contribution in [0.1, 0.15) is 17.5 Å². The number of fused-ring (bicyclic) bond motifs is 1. The number of likely N-dealkylation sites (N-methyl/N-ethyl adjacent to an activating group) is 1. The first kappa shape index (κ1) is 26.6. The topological polar surface area (TPSA) is 78.3 Å². The molecule has 2 amide bonds. The van der Waals surface area contributed by atoms with Gasteiger partial charge in [0.2, 0.25) is 0 Å². The van der Waals surface area contributed by atoms with Crippen molar-refractivity contribution in [2.24, 2.45) is 7.05 Å². The van der Waals surface area contributed by atoms with Gasteiger partial charge in [-0.15, -0.1) is 0 Å². The smallest absolute Gasteiger partial charge is 0.308 e. The van der Waals surface area contributed by atoms with Gasteiger partial charge in [-0.2, -0.15) is 18.3 Å². The van der Waals surface area contributed by atoms with Gasteiger partial charge in [-0.1, -0.05) is 18.2 Å². The van der Waals surface area contributed by atoms with E-state index in [1.807, 2.05) is 38.2 Å². The van der Waals surface area contributed by atoms with Crippen LogP contribution in [0.25, 0.3) is 22.0 Å². The number of halogens is 3. The highest BCUT2D eigenvalue weighted by atomic mass is 19.4. The molecule has 4 aromatic rings. The summed E-state index contributed by atoms with van der Waals surface area (Å²) in [5, 5.41) is 10.4. The van der Waals surface area contributed by atoms with Crippen LogP contribution in [0.3, 0.4) is 0 Å². The van der Waals surface area contributed by atoms with Gasteiger partial charge >= 0.3 is 12.2 Å². The summed E-state index contributed by atoms with van der Waals surface area (Å²) in [6, 6.07) is 10.8. The van der Waals surface area contributed by atoms with E-state index in [1.54, 1.807) is 35.4 Å². The van der Waals surface area contributed by atoms with Crippen molar-refractivity contribution in [2.75, 3.05) is 37.8 Å². The number of carbonyl (C=O) groups excluding carboxylic acids is 1.